The number of halogens is 1. The Bertz CT molecular complexity index is 1640. The normalized spacial score (nSPS) is 16.8. The number of esters is 1. The summed E-state index contributed by atoms with van der Waals surface area (Å²) in [6.07, 6.45) is -0.532. The maximum Gasteiger partial charge on any atom is 0.410 e. The number of hydrogen-bond acceptors (Lipinski definition) is 6. The van der Waals surface area contributed by atoms with Gasteiger partial charge in [0.2, 0.25) is 0 Å². The van der Waals surface area contributed by atoms with Crippen molar-refractivity contribution in [1.29, 1.82) is 0 Å². The number of rotatable bonds is 8. The zero-order chi connectivity index (χ0) is 31.4. The van der Waals surface area contributed by atoms with Crippen molar-refractivity contribution in [2.24, 2.45) is 0 Å². The number of methoxy groups -OCH3 is 1. The first kappa shape index (κ1) is 30.9. The van der Waals surface area contributed by atoms with Crippen molar-refractivity contribution in [1.82, 2.24) is 4.90 Å². The number of nitrogens with zero attached hydrogens (tertiary/aromatic N) is 1. The van der Waals surface area contributed by atoms with Gasteiger partial charge in [-0.3, -0.25) is 4.90 Å². The molecule has 230 valence electrons. The van der Waals surface area contributed by atoms with Crippen molar-refractivity contribution >= 4 is 22.8 Å². The topological polar surface area (TPSA) is 74.3 Å². The number of para-hydroxylation sites is 1. The maximum absolute atomic E-state index is 15.9. The largest absolute Gasteiger partial charge is 0.488 e. The minimum atomic E-state index is -0.704. The zero-order valence-corrected chi connectivity index (χ0v) is 25.7. The van der Waals surface area contributed by atoms with Gasteiger partial charge in [-0.1, -0.05) is 72.8 Å². The summed E-state index contributed by atoms with van der Waals surface area (Å²) < 4.78 is 38.3. The highest BCUT2D eigenvalue weighted by Crippen LogP contribution is 2.43. The molecule has 44 heavy (non-hydrogen) atoms. The van der Waals surface area contributed by atoms with Gasteiger partial charge < -0.3 is 18.9 Å². The third-order valence-corrected chi connectivity index (χ3v) is 7.80. The lowest BCUT2D eigenvalue weighted by Crippen LogP contribution is -2.45. The highest BCUT2D eigenvalue weighted by atomic mass is 19.1. The van der Waals surface area contributed by atoms with E-state index in [1.807, 2.05) is 88.4 Å². The summed E-state index contributed by atoms with van der Waals surface area (Å²) in [6.45, 7) is 7.32. The fraction of sp³-hybridized carbons (Fsp3) is 0.333. The molecule has 0 aliphatic carbocycles. The molecular formula is C36H38FNO6. The Balaban J connectivity index is 1.49. The van der Waals surface area contributed by atoms with Gasteiger partial charge in [0.25, 0.3) is 0 Å². The van der Waals surface area contributed by atoms with Gasteiger partial charge in [-0.2, -0.15) is 0 Å². The SMILES string of the molecule is COC(=O)COc1cccc(C2C[C@H](CN(C(=O)OC(C)(C)C)[C@H](C)c3cccc4ccccc34)Oc3ccccc32)c1F. The van der Waals surface area contributed by atoms with Gasteiger partial charge in [-0.25, -0.2) is 14.0 Å². The van der Waals surface area contributed by atoms with Gasteiger partial charge in [0.1, 0.15) is 17.5 Å². The first-order chi connectivity index (χ1) is 21.1. The Labute approximate surface area is 257 Å². The van der Waals surface area contributed by atoms with Crippen LogP contribution in [0.3, 0.4) is 0 Å². The van der Waals surface area contributed by atoms with E-state index in [9.17, 15) is 9.59 Å². The lowest BCUT2D eigenvalue weighted by atomic mass is 9.83. The van der Waals surface area contributed by atoms with Crippen LogP contribution in [-0.2, 0) is 14.3 Å². The average molecular weight is 600 g/mol. The van der Waals surface area contributed by atoms with E-state index >= 15 is 4.39 Å². The van der Waals surface area contributed by atoms with Crippen LogP contribution in [0.5, 0.6) is 11.5 Å². The third kappa shape index (κ3) is 6.80. The van der Waals surface area contributed by atoms with Crippen molar-refractivity contribution in [2.75, 3.05) is 20.3 Å². The number of carbonyl (C=O) groups excluding carboxylic acids is 2. The Morgan fingerprint density at radius 1 is 0.955 bits per heavy atom. The molecule has 4 aromatic carbocycles. The molecule has 0 bridgehead atoms. The molecule has 1 heterocycles. The number of fused-ring (bicyclic) bond motifs is 2. The van der Waals surface area contributed by atoms with Crippen LogP contribution < -0.4 is 9.47 Å². The van der Waals surface area contributed by atoms with Crippen molar-refractivity contribution in [2.45, 2.75) is 57.8 Å². The minimum Gasteiger partial charge on any atom is -0.488 e. The predicted octanol–water partition coefficient (Wildman–Crippen LogP) is 7.81. The number of benzene rings is 4. The van der Waals surface area contributed by atoms with Crippen LogP contribution in [0.15, 0.2) is 84.9 Å². The molecule has 1 aliphatic rings. The summed E-state index contributed by atoms with van der Waals surface area (Å²) in [5.41, 5.74) is 1.53. The molecule has 0 aromatic heterocycles. The standard InChI is InChI=1S/C36H38FNO6/c1-23(26-16-10-13-24-12-6-7-14-27(24)26)38(35(40)44-36(2,3)4)21-25-20-30(28-15-8-9-18-31(28)43-25)29-17-11-19-32(34(29)37)42-22-33(39)41-5/h6-19,23,25,30H,20-22H2,1-5H3/t23-,25-,30?/m1/s1. The summed E-state index contributed by atoms with van der Waals surface area (Å²) in [5.74, 6) is -0.955. The van der Waals surface area contributed by atoms with Gasteiger partial charge in [-0.05, 0) is 68.1 Å². The summed E-state index contributed by atoms with van der Waals surface area (Å²) in [4.78, 5) is 27.1. The number of carbonyl (C=O) groups is 2. The molecule has 0 spiro atoms. The van der Waals surface area contributed by atoms with Crippen LogP contribution in [0.1, 0.15) is 62.8 Å². The van der Waals surface area contributed by atoms with E-state index < -0.39 is 36.2 Å². The second-order valence-electron chi connectivity index (χ2n) is 12.0. The lowest BCUT2D eigenvalue weighted by Gasteiger charge is -2.38. The van der Waals surface area contributed by atoms with Gasteiger partial charge in [0.15, 0.2) is 18.2 Å². The lowest BCUT2D eigenvalue weighted by molar-refractivity contribution is -0.142. The molecule has 3 atom stereocenters. The Morgan fingerprint density at radius 2 is 1.64 bits per heavy atom. The van der Waals surface area contributed by atoms with Crippen LogP contribution in [-0.4, -0.2) is 48.9 Å². The molecule has 1 amide bonds. The molecule has 1 unspecified atom stereocenters. The van der Waals surface area contributed by atoms with Crippen LogP contribution in [0.25, 0.3) is 10.8 Å². The first-order valence-corrected chi connectivity index (χ1v) is 14.8. The average Bonchev–Trinajstić information content (AvgIpc) is 3.01. The minimum absolute atomic E-state index is 0.0339. The van der Waals surface area contributed by atoms with Crippen LogP contribution in [0.2, 0.25) is 0 Å². The molecule has 8 heteroatoms. The van der Waals surface area contributed by atoms with Crippen molar-refractivity contribution in [3.05, 3.63) is 107 Å². The van der Waals surface area contributed by atoms with Crippen molar-refractivity contribution < 1.29 is 32.9 Å². The van der Waals surface area contributed by atoms with Gasteiger partial charge >= 0.3 is 12.1 Å². The van der Waals surface area contributed by atoms with Gasteiger partial charge in [-0.15, -0.1) is 0 Å². The number of hydrogen-bond donors (Lipinski definition) is 0. The summed E-state index contributed by atoms with van der Waals surface area (Å²) in [5, 5.41) is 2.13. The fourth-order valence-electron chi connectivity index (χ4n) is 5.72. The fourth-order valence-corrected chi connectivity index (χ4v) is 5.72. The Kier molecular flexibility index (Phi) is 9.09. The second kappa shape index (κ2) is 13.0. The Morgan fingerprint density at radius 3 is 2.41 bits per heavy atom. The molecule has 0 N–H and O–H groups in total. The second-order valence-corrected chi connectivity index (χ2v) is 12.0. The van der Waals surface area contributed by atoms with Crippen LogP contribution in [0, 0.1) is 5.82 Å². The molecule has 7 nitrogen and oxygen atoms in total. The van der Waals surface area contributed by atoms with Gasteiger partial charge in [0, 0.05) is 11.5 Å². The quantitative estimate of drug-likeness (QED) is 0.192. The van der Waals surface area contributed by atoms with E-state index in [0.29, 0.717) is 17.7 Å². The molecule has 0 saturated heterocycles. The van der Waals surface area contributed by atoms with E-state index in [2.05, 4.69) is 10.8 Å². The van der Waals surface area contributed by atoms with Crippen molar-refractivity contribution in [3.63, 3.8) is 0 Å². The van der Waals surface area contributed by atoms with E-state index in [1.54, 1.807) is 17.0 Å². The van der Waals surface area contributed by atoms with Crippen molar-refractivity contribution in [3.8, 4) is 11.5 Å². The molecule has 4 aromatic rings. The summed E-state index contributed by atoms with van der Waals surface area (Å²) in [6, 6.07) is 26.2. The van der Waals surface area contributed by atoms with E-state index in [-0.39, 0.29) is 24.3 Å². The third-order valence-electron chi connectivity index (χ3n) is 7.80. The molecule has 1 aliphatic heterocycles. The van der Waals surface area contributed by atoms with Gasteiger partial charge in [0.05, 0.1) is 19.7 Å². The molecule has 0 saturated carbocycles. The number of ether oxygens (including phenoxy) is 4. The van der Waals surface area contributed by atoms with Crippen LogP contribution in [0.4, 0.5) is 9.18 Å². The first-order valence-electron chi connectivity index (χ1n) is 14.8. The summed E-state index contributed by atoms with van der Waals surface area (Å²) in [7, 11) is 1.25. The molecule has 5 rings (SSSR count). The maximum atomic E-state index is 15.9. The summed E-state index contributed by atoms with van der Waals surface area (Å²) >= 11 is 0. The molecule has 0 fully saturated rings. The zero-order valence-electron chi connectivity index (χ0n) is 25.7. The van der Waals surface area contributed by atoms with E-state index in [1.165, 1.54) is 13.2 Å². The van der Waals surface area contributed by atoms with Crippen LogP contribution >= 0.6 is 0 Å². The predicted molar refractivity (Wildman–Crippen MR) is 167 cm³/mol. The van der Waals surface area contributed by atoms with E-state index in [0.717, 1.165) is 21.9 Å². The Hall–Kier alpha value is -4.59. The smallest absolute Gasteiger partial charge is 0.410 e. The van der Waals surface area contributed by atoms with E-state index in [4.69, 9.17) is 14.2 Å². The number of amides is 1. The molecule has 0 radical (unpaired) electrons. The molecular weight excluding hydrogens is 561 g/mol. The highest BCUT2D eigenvalue weighted by Gasteiger charge is 2.36. The monoisotopic (exact) mass is 599 g/mol. The highest BCUT2D eigenvalue weighted by molar-refractivity contribution is 5.86.